The van der Waals surface area contributed by atoms with Crippen LogP contribution in [0, 0.1) is 0 Å². The molecule has 0 radical (unpaired) electrons. The number of rotatable bonds is 4. The second-order valence-electron chi connectivity index (χ2n) is 5.22. The van der Waals surface area contributed by atoms with Crippen LogP contribution >= 0.6 is 0 Å². The molecule has 1 aliphatic heterocycles. The number of hydrogen-bond donors (Lipinski definition) is 1. The molecule has 20 heavy (non-hydrogen) atoms. The maximum absolute atomic E-state index is 10.4. The van der Waals surface area contributed by atoms with Crippen LogP contribution in [0.25, 0.3) is 0 Å². The molecule has 104 valence electrons. The fourth-order valence-corrected chi connectivity index (χ4v) is 2.89. The van der Waals surface area contributed by atoms with Crippen molar-refractivity contribution in [1.29, 1.82) is 0 Å². The Bertz CT molecular complexity index is 532. The molecule has 1 fully saturated rings. The van der Waals surface area contributed by atoms with Crippen molar-refractivity contribution in [2.24, 2.45) is 0 Å². The highest BCUT2D eigenvalue weighted by molar-refractivity contribution is 5.38. The van der Waals surface area contributed by atoms with Crippen molar-refractivity contribution in [3.8, 4) is 0 Å². The maximum Gasteiger partial charge on any atom is 0.147 e. The molecule has 4 heteroatoms. The van der Waals surface area contributed by atoms with Gasteiger partial charge in [-0.25, -0.2) is 4.98 Å². The van der Waals surface area contributed by atoms with E-state index in [1.165, 1.54) is 0 Å². The summed E-state index contributed by atoms with van der Waals surface area (Å²) in [7, 11) is 0. The van der Waals surface area contributed by atoms with Gasteiger partial charge in [0.1, 0.15) is 5.82 Å². The minimum Gasteiger partial charge on any atom is -0.388 e. The van der Waals surface area contributed by atoms with Gasteiger partial charge in [0.05, 0.1) is 12.3 Å². The van der Waals surface area contributed by atoms with Crippen molar-refractivity contribution in [1.82, 2.24) is 9.97 Å². The summed E-state index contributed by atoms with van der Waals surface area (Å²) in [6.07, 6.45) is 7.77. The van der Waals surface area contributed by atoms with E-state index in [9.17, 15) is 5.11 Å². The van der Waals surface area contributed by atoms with E-state index in [1.807, 2.05) is 30.3 Å². The van der Waals surface area contributed by atoms with Crippen molar-refractivity contribution in [3.05, 3.63) is 54.5 Å². The molecular weight excluding hydrogens is 250 g/mol. The first-order chi connectivity index (χ1) is 9.84. The third-order valence-electron chi connectivity index (χ3n) is 3.90. The van der Waals surface area contributed by atoms with E-state index in [0.29, 0.717) is 6.04 Å². The zero-order valence-electron chi connectivity index (χ0n) is 11.4. The van der Waals surface area contributed by atoms with E-state index in [1.54, 1.807) is 18.6 Å². The normalized spacial score (nSPS) is 20.1. The van der Waals surface area contributed by atoms with E-state index in [2.05, 4.69) is 14.9 Å². The summed E-state index contributed by atoms with van der Waals surface area (Å²) in [5.74, 6) is 0.912. The number of aromatic nitrogens is 2. The van der Waals surface area contributed by atoms with Crippen molar-refractivity contribution < 1.29 is 5.11 Å². The molecule has 1 saturated heterocycles. The van der Waals surface area contributed by atoms with Crippen LogP contribution < -0.4 is 4.90 Å². The molecule has 2 aromatic rings. The summed E-state index contributed by atoms with van der Waals surface area (Å²) in [6.45, 7) is 0.991. The molecule has 3 rings (SSSR count). The Balaban J connectivity index is 1.70. The molecule has 1 aromatic carbocycles. The lowest BCUT2D eigenvalue weighted by atomic mass is 10.0. The van der Waals surface area contributed by atoms with E-state index in [0.717, 1.165) is 37.2 Å². The van der Waals surface area contributed by atoms with Gasteiger partial charge in [0.2, 0.25) is 0 Å². The van der Waals surface area contributed by atoms with Gasteiger partial charge in [-0.1, -0.05) is 30.3 Å². The zero-order chi connectivity index (χ0) is 13.8. The third kappa shape index (κ3) is 2.80. The van der Waals surface area contributed by atoms with Crippen LogP contribution in [-0.4, -0.2) is 27.7 Å². The van der Waals surface area contributed by atoms with Crippen molar-refractivity contribution in [2.75, 3.05) is 11.4 Å². The minimum atomic E-state index is -0.418. The first-order valence-corrected chi connectivity index (χ1v) is 7.10. The lowest BCUT2D eigenvalue weighted by Crippen LogP contribution is -2.31. The number of nitrogens with zero attached hydrogens (tertiary/aromatic N) is 3. The van der Waals surface area contributed by atoms with Crippen LogP contribution in [0.3, 0.4) is 0 Å². The Labute approximate surface area is 119 Å². The van der Waals surface area contributed by atoms with Gasteiger partial charge < -0.3 is 10.0 Å². The first-order valence-electron chi connectivity index (χ1n) is 7.10. The average molecular weight is 269 g/mol. The molecule has 1 aromatic heterocycles. The number of benzene rings is 1. The number of aliphatic hydroxyl groups excluding tert-OH is 1. The molecule has 2 heterocycles. The smallest absolute Gasteiger partial charge is 0.147 e. The maximum atomic E-state index is 10.4. The molecule has 0 amide bonds. The van der Waals surface area contributed by atoms with Crippen molar-refractivity contribution in [2.45, 2.75) is 31.4 Å². The Hall–Kier alpha value is -1.94. The van der Waals surface area contributed by atoms with E-state index in [-0.39, 0.29) is 0 Å². The summed E-state index contributed by atoms with van der Waals surface area (Å²) < 4.78 is 0. The molecule has 0 aliphatic carbocycles. The molecule has 0 saturated carbocycles. The van der Waals surface area contributed by atoms with Crippen LogP contribution in [-0.2, 0) is 0 Å². The van der Waals surface area contributed by atoms with Gasteiger partial charge in [-0.2, -0.15) is 0 Å². The quantitative estimate of drug-likeness (QED) is 0.926. The predicted octanol–water partition coefficient (Wildman–Crippen LogP) is 2.57. The van der Waals surface area contributed by atoms with Crippen molar-refractivity contribution in [3.63, 3.8) is 0 Å². The van der Waals surface area contributed by atoms with Gasteiger partial charge in [-0.05, 0) is 24.8 Å². The monoisotopic (exact) mass is 269 g/mol. The SMILES string of the molecule is O[C@@H](C[C@@H]1CCCN1c1cnccn1)c1ccccc1. The standard InChI is InChI=1S/C16H19N3O/c20-15(13-5-2-1-3-6-13)11-14-7-4-10-19(14)16-12-17-8-9-18-16/h1-3,5-6,8-9,12,14-15,20H,4,7,10-11H2/t14-,15-/m0/s1. The number of hydrogen-bond acceptors (Lipinski definition) is 4. The Morgan fingerprint density at radius 1 is 1.25 bits per heavy atom. The van der Waals surface area contributed by atoms with Gasteiger partial charge in [-0.3, -0.25) is 4.98 Å². The molecule has 0 spiro atoms. The summed E-state index contributed by atoms with van der Waals surface area (Å²) >= 11 is 0. The van der Waals surface area contributed by atoms with E-state index >= 15 is 0 Å². The summed E-state index contributed by atoms with van der Waals surface area (Å²) in [6, 6.07) is 10.2. The highest BCUT2D eigenvalue weighted by Gasteiger charge is 2.28. The van der Waals surface area contributed by atoms with Gasteiger partial charge >= 0.3 is 0 Å². The van der Waals surface area contributed by atoms with E-state index < -0.39 is 6.10 Å². The lowest BCUT2D eigenvalue weighted by Gasteiger charge is -2.27. The molecule has 1 N–H and O–H groups in total. The first kappa shape index (κ1) is 13.1. The number of aliphatic hydroxyl groups is 1. The van der Waals surface area contributed by atoms with Crippen LogP contribution in [0.4, 0.5) is 5.82 Å². The highest BCUT2D eigenvalue weighted by atomic mass is 16.3. The average Bonchev–Trinajstić information content (AvgIpc) is 2.97. The van der Waals surface area contributed by atoms with Gasteiger partial charge in [0.15, 0.2) is 0 Å². The summed E-state index contributed by atoms with van der Waals surface area (Å²) in [4.78, 5) is 10.8. The topological polar surface area (TPSA) is 49.2 Å². The fraction of sp³-hybridized carbons (Fsp3) is 0.375. The molecule has 0 unspecified atom stereocenters. The molecule has 4 nitrogen and oxygen atoms in total. The number of anilines is 1. The Kier molecular flexibility index (Phi) is 3.92. The third-order valence-corrected chi connectivity index (χ3v) is 3.90. The molecule has 1 aliphatic rings. The summed E-state index contributed by atoms with van der Waals surface area (Å²) in [5.41, 5.74) is 0.985. The van der Waals surface area contributed by atoms with Gasteiger partial charge in [0, 0.05) is 25.0 Å². The summed E-state index contributed by atoms with van der Waals surface area (Å²) in [5, 5.41) is 10.4. The zero-order valence-corrected chi connectivity index (χ0v) is 11.4. The van der Waals surface area contributed by atoms with Crippen LogP contribution in [0.2, 0.25) is 0 Å². The van der Waals surface area contributed by atoms with Gasteiger partial charge in [-0.15, -0.1) is 0 Å². The molecule has 0 bridgehead atoms. The van der Waals surface area contributed by atoms with Gasteiger partial charge in [0.25, 0.3) is 0 Å². The Morgan fingerprint density at radius 2 is 2.10 bits per heavy atom. The minimum absolute atomic E-state index is 0.335. The second kappa shape index (κ2) is 6.01. The molecular formula is C16H19N3O. The van der Waals surface area contributed by atoms with Crippen LogP contribution in [0.1, 0.15) is 30.9 Å². The predicted molar refractivity (Wildman–Crippen MR) is 78.4 cm³/mol. The molecule has 2 atom stereocenters. The largest absolute Gasteiger partial charge is 0.388 e. The fourth-order valence-electron chi connectivity index (χ4n) is 2.89. The Morgan fingerprint density at radius 3 is 2.85 bits per heavy atom. The highest BCUT2D eigenvalue weighted by Crippen LogP contribution is 2.29. The van der Waals surface area contributed by atoms with Crippen LogP contribution in [0.5, 0.6) is 0 Å². The lowest BCUT2D eigenvalue weighted by molar-refractivity contribution is 0.158. The van der Waals surface area contributed by atoms with E-state index in [4.69, 9.17) is 0 Å². The van der Waals surface area contributed by atoms with Crippen LogP contribution in [0.15, 0.2) is 48.9 Å². The second-order valence-corrected chi connectivity index (χ2v) is 5.22. The van der Waals surface area contributed by atoms with Crippen molar-refractivity contribution >= 4 is 5.82 Å².